The molecule has 1 amide bonds. The summed E-state index contributed by atoms with van der Waals surface area (Å²) in [6.07, 6.45) is 1.77. The standard InChI is InChI=1S/C25H26N6O4/c1-2-33-20-8-6-19(7-9-20)31(11-4-10-26)23(32)18-29-12-14-30(15-13-29)25-21(17-27)28-24(35-25)22-5-3-16-34-22/h3,5-9,16H,2,4,11-15,18H2,1H3. The van der Waals surface area contributed by atoms with E-state index in [1.807, 2.05) is 36.1 Å². The Kier molecular flexibility index (Phi) is 7.66. The lowest BCUT2D eigenvalue weighted by Crippen LogP contribution is -2.50. The van der Waals surface area contributed by atoms with E-state index in [1.54, 1.807) is 17.0 Å². The summed E-state index contributed by atoms with van der Waals surface area (Å²) in [5.74, 6) is 1.80. The van der Waals surface area contributed by atoms with Gasteiger partial charge in [0.25, 0.3) is 5.89 Å². The third-order valence-electron chi connectivity index (χ3n) is 5.67. The summed E-state index contributed by atoms with van der Waals surface area (Å²) in [6.45, 7) is 5.42. The first-order chi connectivity index (χ1) is 17.1. The number of carbonyl (C=O) groups is 1. The SMILES string of the molecule is CCOc1ccc(N(CCC#N)C(=O)CN2CCN(c3oc(-c4ccco4)nc3C#N)CC2)cc1. The van der Waals surface area contributed by atoms with Crippen molar-refractivity contribution in [2.24, 2.45) is 0 Å². The topological polar surface area (TPSA) is 123 Å². The van der Waals surface area contributed by atoms with Gasteiger partial charge in [0.2, 0.25) is 17.5 Å². The molecule has 0 aliphatic carbocycles. The lowest BCUT2D eigenvalue weighted by Gasteiger charge is -2.35. The van der Waals surface area contributed by atoms with Gasteiger partial charge in [-0.2, -0.15) is 15.5 Å². The lowest BCUT2D eigenvalue weighted by molar-refractivity contribution is -0.119. The number of furan rings is 1. The monoisotopic (exact) mass is 474 g/mol. The molecule has 0 bridgehead atoms. The molecule has 0 spiro atoms. The average Bonchev–Trinajstić information content (AvgIpc) is 3.56. The van der Waals surface area contributed by atoms with E-state index in [0.29, 0.717) is 51.0 Å². The second-order valence-electron chi connectivity index (χ2n) is 7.91. The van der Waals surface area contributed by atoms with Gasteiger partial charge in [-0.1, -0.05) is 0 Å². The second kappa shape index (κ2) is 11.2. The van der Waals surface area contributed by atoms with E-state index < -0.39 is 0 Å². The molecule has 1 aromatic carbocycles. The van der Waals surface area contributed by atoms with Gasteiger partial charge in [0.05, 0.1) is 31.9 Å². The molecule has 0 N–H and O–H groups in total. The van der Waals surface area contributed by atoms with E-state index >= 15 is 0 Å². The van der Waals surface area contributed by atoms with Gasteiger partial charge >= 0.3 is 0 Å². The van der Waals surface area contributed by atoms with Crippen molar-refractivity contribution in [1.29, 1.82) is 10.5 Å². The first kappa shape index (κ1) is 23.9. The van der Waals surface area contributed by atoms with E-state index in [2.05, 4.69) is 22.0 Å². The fourth-order valence-electron chi connectivity index (χ4n) is 3.94. The molecule has 3 heterocycles. The summed E-state index contributed by atoms with van der Waals surface area (Å²) < 4.78 is 16.6. The maximum Gasteiger partial charge on any atom is 0.266 e. The van der Waals surface area contributed by atoms with Crippen molar-refractivity contribution in [1.82, 2.24) is 9.88 Å². The van der Waals surface area contributed by atoms with Crippen LogP contribution in [0.1, 0.15) is 19.0 Å². The summed E-state index contributed by atoms with van der Waals surface area (Å²) in [5, 5.41) is 18.6. The third-order valence-corrected chi connectivity index (χ3v) is 5.67. The minimum absolute atomic E-state index is 0.0738. The number of aromatic nitrogens is 1. The van der Waals surface area contributed by atoms with Gasteiger partial charge in [0.15, 0.2) is 5.76 Å². The minimum atomic E-state index is -0.0738. The molecule has 180 valence electrons. The zero-order valence-electron chi connectivity index (χ0n) is 19.5. The normalized spacial score (nSPS) is 13.7. The van der Waals surface area contributed by atoms with Crippen LogP contribution in [0.4, 0.5) is 11.6 Å². The molecule has 0 atom stereocenters. The smallest absolute Gasteiger partial charge is 0.266 e. The molecule has 35 heavy (non-hydrogen) atoms. The number of hydrogen-bond acceptors (Lipinski definition) is 9. The highest BCUT2D eigenvalue weighted by molar-refractivity contribution is 5.94. The van der Waals surface area contributed by atoms with Gasteiger partial charge in [-0.05, 0) is 43.3 Å². The summed E-state index contributed by atoms with van der Waals surface area (Å²) in [5.41, 5.74) is 0.942. The second-order valence-corrected chi connectivity index (χ2v) is 7.91. The number of anilines is 2. The zero-order chi connectivity index (χ0) is 24.6. The highest BCUT2D eigenvalue weighted by atomic mass is 16.5. The Hall–Kier alpha value is -4.28. The number of benzene rings is 1. The average molecular weight is 475 g/mol. The van der Waals surface area contributed by atoms with E-state index in [0.717, 1.165) is 11.4 Å². The van der Waals surface area contributed by atoms with Crippen LogP contribution < -0.4 is 14.5 Å². The zero-order valence-corrected chi connectivity index (χ0v) is 19.5. The van der Waals surface area contributed by atoms with Crippen LogP contribution in [0.5, 0.6) is 5.75 Å². The molecule has 0 saturated carbocycles. The van der Waals surface area contributed by atoms with Crippen LogP contribution in [0, 0.1) is 22.7 Å². The quantitative estimate of drug-likeness (QED) is 0.460. The third kappa shape index (κ3) is 5.62. The van der Waals surface area contributed by atoms with Gasteiger partial charge < -0.3 is 23.4 Å². The molecular formula is C25H26N6O4. The Balaban J connectivity index is 1.38. The van der Waals surface area contributed by atoms with E-state index in [-0.39, 0.29) is 30.5 Å². The number of rotatable bonds is 9. The Bertz CT molecular complexity index is 1200. The van der Waals surface area contributed by atoms with Gasteiger partial charge in [-0.3, -0.25) is 9.69 Å². The number of piperazine rings is 1. The van der Waals surface area contributed by atoms with Gasteiger partial charge in [0, 0.05) is 38.4 Å². The molecule has 2 aromatic heterocycles. The predicted molar refractivity (Wildman–Crippen MR) is 128 cm³/mol. The van der Waals surface area contributed by atoms with Crippen LogP contribution in [-0.4, -0.2) is 61.7 Å². The van der Waals surface area contributed by atoms with Crippen LogP contribution >= 0.6 is 0 Å². The van der Waals surface area contributed by atoms with Crippen LogP contribution in [0.3, 0.4) is 0 Å². The number of amides is 1. The van der Waals surface area contributed by atoms with Crippen molar-refractivity contribution in [2.75, 3.05) is 55.7 Å². The number of carbonyl (C=O) groups excluding carboxylic acids is 1. The molecule has 0 radical (unpaired) electrons. The maximum absolute atomic E-state index is 13.2. The van der Waals surface area contributed by atoms with Crippen LogP contribution in [0.2, 0.25) is 0 Å². The first-order valence-electron chi connectivity index (χ1n) is 11.4. The molecular weight excluding hydrogens is 448 g/mol. The summed E-state index contributed by atoms with van der Waals surface area (Å²) in [4.78, 5) is 23.1. The van der Waals surface area contributed by atoms with E-state index in [4.69, 9.17) is 18.8 Å². The van der Waals surface area contributed by atoms with Gasteiger partial charge in [-0.15, -0.1) is 0 Å². The van der Waals surface area contributed by atoms with Crippen molar-refractivity contribution in [3.05, 3.63) is 48.4 Å². The van der Waals surface area contributed by atoms with Gasteiger partial charge in [-0.25, -0.2) is 0 Å². The van der Waals surface area contributed by atoms with Crippen molar-refractivity contribution in [2.45, 2.75) is 13.3 Å². The molecule has 1 aliphatic rings. The van der Waals surface area contributed by atoms with E-state index in [9.17, 15) is 10.1 Å². The van der Waals surface area contributed by atoms with Crippen LogP contribution in [0.15, 0.2) is 51.5 Å². The number of nitriles is 2. The number of oxazole rings is 1. The molecule has 0 unspecified atom stereocenters. The molecule has 10 heteroatoms. The van der Waals surface area contributed by atoms with Crippen molar-refractivity contribution in [3.8, 4) is 29.5 Å². The molecule has 1 saturated heterocycles. The Morgan fingerprint density at radius 2 is 1.94 bits per heavy atom. The predicted octanol–water partition coefficient (Wildman–Crippen LogP) is 3.27. The summed E-state index contributed by atoms with van der Waals surface area (Å²) in [7, 11) is 0. The Morgan fingerprint density at radius 1 is 1.17 bits per heavy atom. The molecule has 10 nitrogen and oxygen atoms in total. The van der Waals surface area contributed by atoms with E-state index in [1.165, 1.54) is 6.26 Å². The molecule has 1 fully saturated rings. The maximum atomic E-state index is 13.2. The number of nitrogens with zero attached hydrogens (tertiary/aromatic N) is 6. The van der Waals surface area contributed by atoms with Crippen molar-refractivity contribution < 1.29 is 18.4 Å². The van der Waals surface area contributed by atoms with Crippen LogP contribution in [-0.2, 0) is 4.79 Å². The number of hydrogen-bond donors (Lipinski definition) is 0. The highest BCUT2D eigenvalue weighted by Gasteiger charge is 2.27. The van der Waals surface area contributed by atoms with Gasteiger partial charge in [0.1, 0.15) is 11.8 Å². The minimum Gasteiger partial charge on any atom is -0.494 e. The Labute approximate surface area is 203 Å². The Morgan fingerprint density at radius 3 is 2.57 bits per heavy atom. The first-order valence-corrected chi connectivity index (χ1v) is 11.4. The molecule has 3 aromatic rings. The molecule has 4 rings (SSSR count). The number of ether oxygens (including phenoxy) is 1. The highest BCUT2D eigenvalue weighted by Crippen LogP contribution is 2.29. The van der Waals surface area contributed by atoms with Crippen LogP contribution in [0.25, 0.3) is 11.7 Å². The fourth-order valence-corrected chi connectivity index (χ4v) is 3.94. The summed E-state index contributed by atoms with van der Waals surface area (Å²) in [6, 6.07) is 15.0. The summed E-state index contributed by atoms with van der Waals surface area (Å²) >= 11 is 0. The van der Waals surface area contributed by atoms with Crippen molar-refractivity contribution >= 4 is 17.5 Å². The molecule has 1 aliphatic heterocycles. The largest absolute Gasteiger partial charge is 0.494 e. The van der Waals surface area contributed by atoms with Crippen molar-refractivity contribution in [3.63, 3.8) is 0 Å². The lowest BCUT2D eigenvalue weighted by atomic mass is 10.2. The fraction of sp³-hybridized carbons (Fsp3) is 0.360.